The minimum atomic E-state index is 0.914. The van der Waals surface area contributed by atoms with Crippen molar-refractivity contribution < 1.29 is 0 Å². The topological polar surface area (TPSA) is 12.0 Å². The summed E-state index contributed by atoms with van der Waals surface area (Å²) in [6, 6.07) is 0. The highest BCUT2D eigenvalue weighted by atomic mass is 14.9. The van der Waals surface area contributed by atoms with E-state index in [-0.39, 0.29) is 0 Å². The number of dihydropyridines is 1. The third kappa shape index (κ3) is 1.84. The van der Waals surface area contributed by atoms with Crippen LogP contribution < -0.4 is 5.32 Å². The lowest BCUT2D eigenvalue weighted by atomic mass is 10.1. The highest BCUT2D eigenvalue weighted by Crippen LogP contribution is 2.09. The Morgan fingerprint density at radius 1 is 1.64 bits per heavy atom. The van der Waals surface area contributed by atoms with Gasteiger partial charge in [-0.05, 0) is 18.6 Å². The second-order valence-electron chi connectivity index (χ2n) is 2.36. The van der Waals surface area contributed by atoms with Crippen LogP contribution in [0.5, 0.6) is 0 Å². The molecule has 0 amide bonds. The monoisotopic (exact) mass is 147 g/mol. The molecule has 11 heavy (non-hydrogen) atoms. The molecule has 0 bridgehead atoms. The Morgan fingerprint density at radius 2 is 2.45 bits per heavy atom. The van der Waals surface area contributed by atoms with E-state index >= 15 is 0 Å². The second-order valence-corrected chi connectivity index (χ2v) is 2.36. The number of allylic oxidation sites excluding steroid dienone is 5. The van der Waals surface area contributed by atoms with Gasteiger partial charge in [-0.15, -0.1) is 0 Å². The van der Waals surface area contributed by atoms with E-state index in [9.17, 15) is 0 Å². The third-order valence-corrected chi connectivity index (χ3v) is 1.57. The molecule has 0 saturated carbocycles. The van der Waals surface area contributed by atoms with Crippen LogP contribution in [0.1, 0.15) is 6.92 Å². The first-order valence-electron chi connectivity index (χ1n) is 3.78. The molecule has 1 heteroatoms. The van der Waals surface area contributed by atoms with Crippen LogP contribution in [-0.4, -0.2) is 6.54 Å². The molecule has 1 N–H and O–H groups in total. The van der Waals surface area contributed by atoms with Crippen molar-refractivity contribution in [2.75, 3.05) is 6.54 Å². The third-order valence-electron chi connectivity index (χ3n) is 1.57. The fraction of sp³-hybridized carbons (Fsp3) is 0.200. The summed E-state index contributed by atoms with van der Waals surface area (Å²) in [5.74, 6) is 0. The Balaban J connectivity index is 2.91. The van der Waals surface area contributed by atoms with Gasteiger partial charge < -0.3 is 5.32 Å². The lowest BCUT2D eigenvalue weighted by Gasteiger charge is -2.11. The van der Waals surface area contributed by atoms with Crippen molar-refractivity contribution in [3.63, 3.8) is 0 Å². The minimum Gasteiger partial charge on any atom is -0.381 e. The summed E-state index contributed by atoms with van der Waals surface area (Å²) >= 11 is 0. The van der Waals surface area contributed by atoms with Gasteiger partial charge >= 0.3 is 0 Å². The van der Waals surface area contributed by atoms with Crippen molar-refractivity contribution in [3.05, 3.63) is 48.2 Å². The molecule has 1 aliphatic rings. The summed E-state index contributed by atoms with van der Waals surface area (Å²) in [6.07, 6.45) is 10.1. The summed E-state index contributed by atoms with van der Waals surface area (Å²) in [6.45, 7) is 6.66. The molecule has 0 atom stereocenters. The molecule has 0 aromatic heterocycles. The van der Waals surface area contributed by atoms with E-state index in [2.05, 4.69) is 30.1 Å². The number of nitrogens with one attached hydrogen (secondary N) is 1. The fourth-order valence-electron chi connectivity index (χ4n) is 1.05. The highest BCUT2D eigenvalue weighted by molar-refractivity contribution is 5.41. The second kappa shape index (κ2) is 3.81. The minimum absolute atomic E-state index is 0.914. The number of hydrogen-bond donors (Lipinski definition) is 1. The molecule has 1 aliphatic heterocycles. The van der Waals surface area contributed by atoms with Crippen LogP contribution in [0.2, 0.25) is 0 Å². The molecule has 1 rings (SSSR count). The van der Waals surface area contributed by atoms with Crippen molar-refractivity contribution in [3.8, 4) is 0 Å². The van der Waals surface area contributed by atoms with Crippen LogP contribution in [-0.2, 0) is 0 Å². The maximum atomic E-state index is 3.73. The Kier molecular flexibility index (Phi) is 2.73. The first-order chi connectivity index (χ1) is 5.38. The summed E-state index contributed by atoms with van der Waals surface area (Å²) in [5, 5.41) is 3.26. The Bertz CT molecular complexity index is 231. The largest absolute Gasteiger partial charge is 0.381 e. The first kappa shape index (κ1) is 7.86. The van der Waals surface area contributed by atoms with Gasteiger partial charge in [0.1, 0.15) is 0 Å². The van der Waals surface area contributed by atoms with E-state index in [4.69, 9.17) is 0 Å². The normalized spacial score (nSPS) is 17.2. The molecule has 1 nitrogen and oxygen atoms in total. The quantitative estimate of drug-likeness (QED) is 0.631. The Morgan fingerprint density at radius 3 is 3.09 bits per heavy atom. The van der Waals surface area contributed by atoms with Gasteiger partial charge in [-0.25, -0.2) is 0 Å². The molecule has 0 unspecified atom stereocenters. The summed E-state index contributed by atoms with van der Waals surface area (Å²) in [4.78, 5) is 0. The zero-order valence-corrected chi connectivity index (χ0v) is 6.80. The van der Waals surface area contributed by atoms with Gasteiger partial charge in [0.05, 0.1) is 0 Å². The fourth-order valence-corrected chi connectivity index (χ4v) is 1.05. The highest BCUT2D eigenvalue weighted by Gasteiger charge is 1.99. The molecule has 0 saturated heterocycles. The average Bonchev–Trinajstić information content (AvgIpc) is 2.06. The molecule has 1 heterocycles. The van der Waals surface area contributed by atoms with Crippen molar-refractivity contribution in [1.82, 2.24) is 5.32 Å². The summed E-state index contributed by atoms with van der Waals surface area (Å²) in [7, 11) is 0. The molecule has 58 valence electrons. The summed E-state index contributed by atoms with van der Waals surface area (Å²) in [5.41, 5.74) is 2.32. The predicted molar refractivity (Wildman–Crippen MR) is 49.2 cm³/mol. The number of rotatable bonds is 2. The maximum Gasteiger partial charge on any atom is 0.0412 e. The number of hydrogen-bond acceptors (Lipinski definition) is 1. The van der Waals surface area contributed by atoms with Crippen LogP contribution in [0.4, 0.5) is 0 Å². The molecule has 0 spiro atoms. The van der Waals surface area contributed by atoms with Crippen molar-refractivity contribution >= 4 is 0 Å². The van der Waals surface area contributed by atoms with E-state index < -0.39 is 0 Å². The zero-order valence-electron chi connectivity index (χ0n) is 6.80. The van der Waals surface area contributed by atoms with E-state index in [0.717, 1.165) is 17.8 Å². The van der Waals surface area contributed by atoms with Crippen LogP contribution in [0.15, 0.2) is 48.2 Å². The van der Waals surface area contributed by atoms with Gasteiger partial charge in [-0.2, -0.15) is 0 Å². The van der Waals surface area contributed by atoms with E-state index in [1.54, 1.807) is 0 Å². The van der Waals surface area contributed by atoms with Gasteiger partial charge in [0.2, 0.25) is 0 Å². The lowest BCUT2D eigenvalue weighted by Crippen LogP contribution is -2.16. The molecule has 0 aromatic rings. The Labute approximate surface area is 67.8 Å². The van der Waals surface area contributed by atoms with Gasteiger partial charge in [0.25, 0.3) is 0 Å². The molecular formula is C10H13N. The SMILES string of the molecule is C=CC1=C(/C=C\C)NCC=C1. The first-order valence-corrected chi connectivity index (χ1v) is 3.78. The van der Waals surface area contributed by atoms with Crippen LogP contribution in [0.25, 0.3) is 0 Å². The van der Waals surface area contributed by atoms with Crippen LogP contribution >= 0.6 is 0 Å². The van der Waals surface area contributed by atoms with Crippen molar-refractivity contribution in [2.24, 2.45) is 0 Å². The summed E-state index contributed by atoms with van der Waals surface area (Å²) < 4.78 is 0. The molecular weight excluding hydrogens is 134 g/mol. The van der Waals surface area contributed by atoms with Gasteiger partial charge in [-0.3, -0.25) is 0 Å². The molecule has 0 aliphatic carbocycles. The molecule has 0 aromatic carbocycles. The van der Waals surface area contributed by atoms with Crippen molar-refractivity contribution in [1.29, 1.82) is 0 Å². The van der Waals surface area contributed by atoms with Gasteiger partial charge in [-0.1, -0.05) is 30.9 Å². The maximum absolute atomic E-state index is 3.73. The van der Waals surface area contributed by atoms with Crippen molar-refractivity contribution in [2.45, 2.75) is 6.92 Å². The molecule has 0 fully saturated rings. The van der Waals surface area contributed by atoms with Crippen LogP contribution in [0.3, 0.4) is 0 Å². The standard InChI is InChI=1S/C10H13N/c1-3-6-10-9(4-2)7-5-8-11-10/h3-7,11H,2,8H2,1H3/b6-3-. The van der Waals surface area contributed by atoms with E-state index in [1.807, 2.05) is 19.1 Å². The predicted octanol–water partition coefficient (Wildman–Crippen LogP) is 2.16. The van der Waals surface area contributed by atoms with Crippen LogP contribution in [0, 0.1) is 0 Å². The van der Waals surface area contributed by atoms with Gasteiger partial charge in [0.15, 0.2) is 0 Å². The average molecular weight is 147 g/mol. The zero-order chi connectivity index (χ0) is 8.10. The smallest absolute Gasteiger partial charge is 0.0412 e. The lowest BCUT2D eigenvalue weighted by molar-refractivity contribution is 0.910. The van der Waals surface area contributed by atoms with E-state index in [1.165, 1.54) is 0 Å². The van der Waals surface area contributed by atoms with Gasteiger partial charge in [0, 0.05) is 12.2 Å². The van der Waals surface area contributed by atoms with E-state index in [0.29, 0.717) is 0 Å². The molecule has 0 radical (unpaired) electrons. The Hall–Kier alpha value is -1.24.